The second-order valence-electron chi connectivity index (χ2n) is 5.59. The van der Waals surface area contributed by atoms with E-state index in [2.05, 4.69) is 16.4 Å². The molecule has 0 atom stereocenters. The zero-order valence-corrected chi connectivity index (χ0v) is 13.7. The molecule has 1 aromatic heterocycles. The number of hydrogen-bond acceptors (Lipinski definition) is 5. The molecule has 0 saturated heterocycles. The molecule has 0 bridgehead atoms. The van der Waals surface area contributed by atoms with Crippen molar-refractivity contribution in [3.05, 3.63) is 77.1 Å². The number of ketones is 1. The fourth-order valence-electron chi connectivity index (χ4n) is 2.30. The minimum absolute atomic E-state index is 0.0253. The number of nitriles is 1. The molecule has 0 amide bonds. The SMILES string of the molecule is CC(=O)c1ccc(OCc2cn(Cc3ccc(C#N)cc3)nn2)cc1. The molecule has 0 radical (unpaired) electrons. The van der Waals surface area contributed by atoms with E-state index in [0.717, 1.165) is 5.56 Å². The fourth-order valence-corrected chi connectivity index (χ4v) is 2.30. The lowest BCUT2D eigenvalue weighted by Gasteiger charge is -2.04. The van der Waals surface area contributed by atoms with Gasteiger partial charge >= 0.3 is 0 Å². The van der Waals surface area contributed by atoms with Crippen LogP contribution in [0.5, 0.6) is 5.75 Å². The lowest BCUT2D eigenvalue weighted by atomic mass is 10.1. The Balaban J connectivity index is 1.57. The average Bonchev–Trinajstić information content (AvgIpc) is 3.08. The Kier molecular flexibility index (Phi) is 4.86. The van der Waals surface area contributed by atoms with Crippen molar-refractivity contribution >= 4 is 5.78 Å². The maximum atomic E-state index is 11.2. The number of carbonyl (C=O) groups excluding carboxylic acids is 1. The Bertz CT molecular complexity index is 906. The van der Waals surface area contributed by atoms with Crippen molar-refractivity contribution in [1.29, 1.82) is 5.26 Å². The summed E-state index contributed by atoms with van der Waals surface area (Å²) in [5, 5.41) is 17.0. The third-order valence-corrected chi connectivity index (χ3v) is 3.66. The fraction of sp³-hybridized carbons (Fsp3) is 0.158. The molecule has 25 heavy (non-hydrogen) atoms. The molecule has 2 aromatic carbocycles. The molecule has 124 valence electrons. The Labute approximate surface area is 145 Å². The molecule has 0 aliphatic rings. The van der Waals surface area contributed by atoms with Crippen LogP contribution in [0.15, 0.2) is 54.7 Å². The lowest BCUT2D eigenvalue weighted by Crippen LogP contribution is -2.00. The topological polar surface area (TPSA) is 80.8 Å². The molecule has 6 heteroatoms. The third kappa shape index (κ3) is 4.30. The highest BCUT2D eigenvalue weighted by atomic mass is 16.5. The molecule has 3 aromatic rings. The number of benzene rings is 2. The van der Waals surface area contributed by atoms with E-state index in [1.54, 1.807) is 41.1 Å². The van der Waals surface area contributed by atoms with Crippen molar-refractivity contribution < 1.29 is 9.53 Å². The van der Waals surface area contributed by atoms with Gasteiger partial charge in [0.15, 0.2) is 5.78 Å². The van der Waals surface area contributed by atoms with Crippen LogP contribution in [0.4, 0.5) is 0 Å². The number of nitrogens with zero attached hydrogens (tertiary/aromatic N) is 4. The molecule has 0 spiro atoms. The quantitative estimate of drug-likeness (QED) is 0.648. The van der Waals surface area contributed by atoms with E-state index < -0.39 is 0 Å². The Morgan fingerprint density at radius 3 is 2.52 bits per heavy atom. The molecule has 0 saturated carbocycles. The van der Waals surface area contributed by atoms with Gasteiger partial charge in [0.2, 0.25) is 0 Å². The highest BCUT2D eigenvalue weighted by Crippen LogP contribution is 2.14. The number of Topliss-reactive ketones (excluding diaryl/α,β-unsaturated/α-hetero) is 1. The molecule has 0 aliphatic heterocycles. The van der Waals surface area contributed by atoms with Crippen LogP contribution in [0.3, 0.4) is 0 Å². The Hall–Kier alpha value is -3.46. The van der Waals surface area contributed by atoms with Gasteiger partial charge in [0.1, 0.15) is 18.1 Å². The van der Waals surface area contributed by atoms with Crippen LogP contribution in [0, 0.1) is 11.3 Å². The molecule has 0 unspecified atom stereocenters. The number of rotatable bonds is 6. The van der Waals surface area contributed by atoms with E-state index in [1.165, 1.54) is 6.92 Å². The van der Waals surface area contributed by atoms with E-state index in [4.69, 9.17) is 10.00 Å². The summed E-state index contributed by atoms with van der Waals surface area (Å²) in [5.74, 6) is 0.698. The summed E-state index contributed by atoms with van der Waals surface area (Å²) >= 11 is 0. The second-order valence-corrected chi connectivity index (χ2v) is 5.59. The van der Waals surface area contributed by atoms with Gasteiger partial charge in [-0.3, -0.25) is 4.79 Å². The molecule has 3 rings (SSSR count). The minimum Gasteiger partial charge on any atom is -0.487 e. The molecule has 0 fully saturated rings. The van der Waals surface area contributed by atoms with Gasteiger partial charge in [0, 0.05) is 5.56 Å². The highest BCUT2D eigenvalue weighted by molar-refractivity contribution is 5.94. The Morgan fingerprint density at radius 1 is 1.16 bits per heavy atom. The van der Waals surface area contributed by atoms with Crippen LogP contribution in [0.2, 0.25) is 0 Å². The van der Waals surface area contributed by atoms with Crippen molar-refractivity contribution in [2.75, 3.05) is 0 Å². The summed E-state index contributed by atoms with van der Waals surface area (Å²) in [7, 11) is 0. The second kappa shape index (κ2) is 7.41. The van der Waals surface area contributed by atoms with Crippen LogP contribution in [-0.2, 0) is 13.2 Å². The van der Waals surface area contributed by atoms with Gasteiger partial charge in [0.05, 0.1) is 24.4 Å². The first kappa shape index (κ1) is 16.4. The van der Waals surface area contributed by atoms with Crippen LogP contribution in [0.25, 0.3) is 0 Å². The predicted molar refractivity (Wildman–Crippen MR) is 91.1 cm³/mol. The molecular formula is C19H16N4O2. The van der Waals surface area contributed by atoms with E-state index in [0.29, 0.717) is 35.7 Å². The van der Waals surface area contributed by atoms with Gasteiger partial charge in [-0.25, -0.2) is 4.68 Å². The molecule has 6 nitrogen and oxygen atoms in total. The summed E-state index contributed by atoms with van der Waals surface area (Å²) in [4.78, 5) is 11.2. The zero-order valence-electron chi connectivity index (χ0n) is 13.7. The number of carbonyl (C=O) groups is 1. The summed E-state index contributed by atoms with van der Waals surface area (Å²) in [6, 6.07) is 16.4. The largest absolute Gasteiger partial charge is 0.487 e. The number of aromatic nitrogens is 3. The maximum absolute atomic E-state index is 11.2. The van der Waals surface area contributed by atoms with E-state index in [9.17, 15) is 4.79 Å². The van der Waals surface area contributed by atoms with Crippen molar-refractivity contribution in [3.8, 4) is 11.8 Å². The van der Waals surface area contributed by atoms with Gasteiger partial charge < -0.3 is 4.74 Å². The average molecular weight is 332 g/mol. The highest BCUT2D eigenvalue weighted by Gasteiger charge is 2.04. The normalized spacial score (nSPS) is 10.2. The van der Waals surface area contributed by atoms with Crippen molar-refractivity contribution in [2.24, 2.45) is 0 Å². The van der Waals surface area contributed by atoms with E-state index in [-0.39, 0.29) is 5.78 Å². The van der Waals surface area contributed by atoms with Gasteiger partial charge in [-0.05, 0) is 48.9 Å². The minimum atomic E-state index is 0.0253. The first-order valence-corrected chi connectivity index (χ1v) is 7.76. The lowest BCUT2D eigenvalue weighted by molar-refractivity contribution is 0.101. The third-order valence-electron chi connectivity index (χ3n) is 3.66. The number of ether oxygens (including phenoxy) is 1. The first-order valence-electron chi connectivity index (χ1n) is 7.76. The van der Waals surface area contributed by atoms with Crippen molar-refractivity contribution in [2.45, 2.75) is 20.1 Å². The van der Waals surface area contributed by atoms with Crippen molar-refractivity contribution in [3.63, 3.8) is 0 Å². The Morgan fingerprint density at radius 2 is 1.88 bits per heavy atom. The van der Waals surface area contributed by atoms with Gasteiger partial charge in [-0.1, -0.05) is 17.3 Å². The van der Waals surface area contributed by atoms with Gasteiger partial charge in [-0.2, -0.15) is 5.26 Å². The molecular weight excluding hydrogens is 316 g/mol. The summed E-state index contributed by atoms with van der Waals surface area (Å²) < 4.78 is 7.38. The molecule has 0 aliphatic carbocycles. The van der Waals surface area contributed by atoms with Gasteiger partial charge in [0.25, 0.3) is 0 Å². The van der Waals surface area contributed by atoms with Crippen LogP contribution < -0.4 is 4.74 Å². The summed E-state index contributed by atoms with van der Waals surface area (Å²) in [5.41, 5.74) is 3.04. The van der Waals surface area contributed by atoms with Crippen LogP contribution in [0.1, 0.15) is 34.1 Å². The number of hydrogen-bond donors (Lipinski definition) is 0. The first-order chi connectivity index (χ1) is 12.1. The summed E-state index contributed by atoms with van der Waals surface area (Å²) in [6.45, 7) is 2.40. The zero-order chi connectivity index (χ0) is 17.6. The molecule has 1 heterocycles. The maximum Gasteiger partial charge on any atom is 0.159 e. The standard InChI is InChI=1S/C19H16N4O2/c1-14(24)17-6-8-19(9-7-17)25-13-18-12-23(22-21-18)11-16-4-2-15(10-20)3-5-16/h2-9,12H,11,13H2,1H3. The van der Waals surface area contributed by atoms with E-state index >= 15 is 0 Å². The van der Waals surface area contributed by atoms with Crippen LogP contribution in [-0.4, -0.2) is 20.8 Å². The van der Waals surface area contributed by atoms with Crippen LogP contribution >= 0.6 is 0 Å². The smallest absolute Gasteiger partial charge is 0.159 e. The van der Waals surface area contributed by atoms with Crippen molar-refractivity contribution in [1.82, 2.24) is 15.0 Å². The monoisotopic (exact) mass is 332 g/mol. The predicted octanol–water partition coefficient (Wildman–Crippen LogP) is 2.98. The van der Waals surface area contributed by atoms with Gasteiger partial charge in [-0.15, -0.1) is 5.10 Å². The molecule has 0 N–H and O–H groups in total. The van der Waals surface area contributed by atoms with E-state index in [1.807, 2.05) is 18.3 Å². The summed E-state index contributed by atoms with van der Waals surface area (Å²) in [6.07, 6.45) is 1.82.